The van der Waals surface area contributed by atoms with Gasteiger partial charge < -0.3 is 20.3 Å². The summed E-state index contributed by atoms with van der Waals surface area (Å²) in [4.78, 5) is 31.9. The Balaban J connectivity index is 1.22. The van der Waals surface area contributed by atoms with E-state index in [0.717, 1.165) is 36.2 Å². The number of pyridine rings is 1. The Bertz CT molecular complexity index is 1290. The molecule has 3 heterocycles. The number of carbonyl (C=O) groups is 2. The van der Waals surface area contributed by atoms with Gasteiger partial charge in [-0.1, -0.05) is 29.8 Å². The molecule has 0 aliphatic carbocycles. The number of halogens is 2. The number of benzene rings is 2. The van der Waals surface area contributed by atoms with E-state index < -0.39 is 17.5 Å². The number of aromatic nitrogens is 1. The van der Waals surface area contributed by atoms with Gasteiger partial charge in [-0.05, 0) is 68.5 Å². The quantitative estimate of drug-likeness (QED) is 0.488. The molecule has 3 aromatic rings. The van der Waals surface area contributed by atoms with Crippen molar-refractivity contribution in [2.45, 2.75) is 57.3 Å². The summed E-state index contributed by atoms with van der Waals surface area (Å²) in [6.45, 7) is 2.47. The first kappa shape index (κ1) is 24.7. The number of amides is 3. The van der Waals surface area contributed by atoms with Gasteiger partial charge in [-0.2, -0.15) is 0 Å². The van der Waals surface area contributed by atoms with Crippen LogP contribution in [-0.2, 0) is 6.54 Å². The van der Waals surface area contributed by atoms with Gasteiger partial charge in [0, 0.05) is 24.7 Å². The molecule has 0 radical (unpaired) electrons. The molecule has 37 heavy (non-hydrogen) atoms. The van der Waals surface area contributed by atoms with Crippen LogP contribution in [0.4, 0.5) is 13.6 Å². The normalized spacial score (nSPS) is 20.4. The van der Waals surface area contributed by atoms with Gasteiger partial charge in [0.05, 0.1) is 6.20 Å². The van der Waals surface area contributed by atoms with Gasteiger partial charge in [0.15, 0.2) is 0 Å². The smallest absolute Gasteiger partial charge is 0.318 e. The maximum Gasteiger partial charge on any atom is 0.318 e. The number of aryl methyl sites for hydroxylation is 1. The molecule has 2 saturated heterocycles. The van der Waals surface area contributed by atoms with Crippen LogP contribution in [0.1, 0.15) is 47.2 Å². The number of hydrogen-bond donors (Lipinski definition) is 2. The lowest BCUT2D eigenvalue weighted by atomic mass is 9.97. The summed E-state index contributed by atoms with van der Waals surface area (Å²) in [6.07, 6.45) is 3.92. The second-order valence-corrected chi connectivity index (χ2v) is 9.64. The van der Waals surface area contributed by atoms with Gasteiger partial charge in [0.25, 0.3) is 5.91 Å². The lowest BCUT2D eigenvalue weighted by molar-refractivity contribution is 0.0881. The Morgan fingerprint density at radius 1 is 1.03 bits per heavy atom. The number of nitrogens with zero attached hydrogens (tertiary/aromatic N) is 2. The highest BCUT2D eigenvalue weighted by molar-refractivity contribution is 5.96. The van der Waals surface area contributed by atoms with Crippen LogP contribution < -0.4 is 15.4 Å². The third-order valence-electron chi connectivity index (χ3n) is 6.92. The third-order valence-corrected chi connectivity index (χ3v) is 6.92. The largest absolute Gasteiger partial charge is 0.438 e. The molecule has 5 rings (SSSR count). The van der Waals surface area contributed by atoms with Crippen molar-refractivity contribution in [2.24, 2.45) is 0 Å². The van der Waals surface area contributed by atoms with Crippen molar-refractivity contribution >= 4 is 11.9 Å². The Hall–Kier alpha value is -4.01. The maximum atomic E-state index is 14.0. The second-order valence-electron chi connectivity index (χ2n) is 9.64. The van der Waals surface area contributed by atoms with E-state index in [1.165, 1.54) is 24.3 Å². The Morgan fingerprint density at radius 2 is 1.76 bits per heavy atom. The van der Waals surface area contributed by atoms with Crippen molar-refractivity contribution in [1.29, 1.82) is 0 Å². The minimum absolute atomic E-state index is 0.0159. The molecule has 2 bridgehead atoms. The van der Waals surface area contributed by atoms with Crippen molar-refractivity contribution in [2.75, 3.05) is 0 Å². The standard InChI is InChI=1S/C28H28F2N4O3/c1-17-3-2-4-18(11-17)15-32-28(36)34-22-7-8-23(34)14-21(13-22)33-26(35)25-12-20(30)16-31-27(25)37-24-9-5-19(29)6-10-24/h2-6,9-12,16,21-23H,7-8,13-15H2,1H3,(H,32,36)(H,33,35). The number of ether oxygens (including phenoxy) is 1. The lowest BCUT2D eigenvalue weighted by Crippen LogP contribution is -2.55. The van der Waals surface area contributed by atoms with E-state index in [9.17, 15) is 18.4 Å². The van der Waals surface area contributed by atoms with Crippen LogP contribution in [0.3, 0.4) is 0 Å². The fourth-order valence-electron chi connectivity index (χ4n) is 5.27. The molecule has 7 nitrogen and oxygen atoms in total. The molecule has 2 aliphatic rings. The van der Waals surface area contributed by atoms with Gasteiger partial charge in [-0.25, -0.2) is 18.6 Å². The zero-order valence-corrected chi connectivity index (χ0v) is 20.4. The predicted molar refractivity (Wildman–Crippen MR) is 133 cm³/mol. The molecule has 2 aromatic carbocycles. The summed E-state index contributed by atoms with van der Waals surface area (Å²) >= 11 is 0. The maximum absolute atomic E-state index is 14.0. The zero-order valence-electron chi connectivity index (χ0n) is 20.4. The van der Waals surface area contributed by atoms with E-state index in [-0.39, 0.29) is 41.3 Å². The molecular formula is C28H28F2N4O3. The highest BCUT2D eigenvalue weighted by Gasteiger charge is 2.43. The number of urea groups is 1. The first-order valence-electron chi connectivity index (χ1n) is 12.4. The first-order valence-corrected chi connectivity index (χ1v) is 12.4. The monoisotopic (exact) mass is 506 g/mol. The predicted octanol–water partition coefficient (Wildman–Crippen LogP) is 5.10. The van der Waals surface area contributed by atoms with Crippen LogP contribution in [0.5, 0.6) is 11.6 Å². The highest BCUT2D eigenvalue weighted by Crippen LogP contribution is 2.36. The van der Waals surface area contributed by atoms with Crippen LogP contribution in [0.15, 0.2) is 60.8 Å². The number of hydrogen-bond acceptors (Lipinski definition) is 4. The fourth-order valence-corrected chi connectivity index (χ4v) is 5.27. The molecule has 2 atom stereocenters. The minimum atomic E-state index is -0.670. The molecule has 1 aromatic heterocycles. The summed E-state index contributed by atoms with van der Waals surface area (Å²) in [6, 6.07) is 14.1. The average molecular weight is 507 g/mol. The average Bonchev–Trinajstić information content (AvgIpc) is 3.15. The fraction of sp³-hybridized carbons (Fsp3) is 0.321. The molecule has 0 spiro atoms. The molecule has 2 unspecified atom stereocenters. The third kappa shape index (κ3) is 5.71. The Morgan fingerprint density at radius 3 is 2.46 bits per heavy atom. The van der Waals surface area contributed by atoms with E-state index in [2.05, 4.69) is 15.6 Å². The van der Waals surface area contributed by atoms with Crippen LogP contribution in [0, 0.1) is 18.6 Å². The van der Waals surface area contributed by atoms with Crippen molar-refractivity contribution in [1.82, 2.24) is 20.5 Å². The Kier molecular flexibility index (Phi) is 7.03. The Labute approximate surface area is 213 Å². The highest BCUT2D eigenvalue weighted by atomic mass is 19.1. The molecule has 3 amide bonds. The van der Waals surface area contributed by atoms with Gasteiger partial charge in [-0.3, -0.25) is 4.79 Å². The van der Waals surface area contributed by atoms with E-state index in [0.29, 0.717) is 19.4 Å². The van der Waals surface area contributed by atoms with E-state index in [4.69, 9.17) is 4.74 Å². The summed E-state index contributed by atoms with van der Waals surface area (Å²) in [5, 5.41) is 6.01. The van der Waals surface area contributed by atoms with Crippen molar-refractivity contribution in [3.8, 4) is 11.6 Å². The molecule has 2 N–H and O–H groups in total. The molecule has 9 heteroatoms. The van der Waals surface area contributed by atoms with E-state index in [1.807, 2.05) is 36.1 Å². The van der Waals surface area contributed by atoms with Crippen LogP contribution in [-0.4, -0.2) is 39.9 Å². The van der Waals surface area contributed by atoms with Crippen molar-refractivity contribution in [3.63, 3.8) is 0 Å². The minimum Gasteiger partial charge on any atom is -0.438 e. The number of nitrogens with one attached hydrogen (secondary N) is 2. The topological polar surface area (TPSA) is 83.6 Å². The summed E-state index contributed by atoms with van der Waals surface area (Å²) in [5.41, 5.74) is 2.14. The van der Waals surface area contributed by atoms with Crippen molar-refractivity contribution < 1.29 is 23.1 Å². The lowest BCUT2D eigenvalue weighted by Gasteiger charge is -2.39. The van der Waals surface area contributed by atoms with E-state index >= 15 is 0 Å². The number of piperidine rings is 1. The number of carbonyl (C=O) groups excluding carboxylic acids is 2. The van der Waals surface area contributed by atoms with Gasteiger partial charge >= 0.3 is 6.03 Å². The van der Waals surface area contributed by atoms with Gasteiger partial charge in [0.2, 0.25) is 5.88 Å². The number of rotatable bonds is 6. The van der Waals surface area contributed by atoms with Gasteiger partial charge in [0.1, 0.15) is 22.9 Å². The van der Waals surface area contributed by atoms with Crippen molar-refractivity contribution in [3.05, 3.63) is 89.1 Å². The number of fused-ring (bicyclic) bond motifs is 2. The molecule has 2 fully saturated rings. The molecule has 2 aliphatic heterocycles. The second kappa shape index (κ2) is 10.5. The summed E-state index contributed by atoms with van der Waals surface area (Å²) in [7, 11) is 0. The molecular weight excluding hydrogens is 478 g/mol. The first-order chi connectivity index (χ1) is 17.9. The van der Waals surface area contributed by atoms with Crippen LogP contribution >= 0.6 is 0 Å². The summed E-state index contributed by atoms with van der Waals surface area (Å²) in [5.74, 6) is -1.40. The van der Waals surface area contributed by atoms with Crippen LogP contribution in [0.2, 0.25) is 0 Å². The van der Waals surface area contributed by atoms with Gasteiger partial charge in [-0.15, -0.1) is 0 Å². The SMILES string of the molecule is Cc1cccc(CNC(=O)N2C3CCC2CC(NC(=O)c2cc(F)cnc2Oc2ccc(F)cc2)C3)c1. The van der Waals surface area contributed by atoms with E-state index in [1.54, 1.807) is 0 Å². The molecule has 0 saturated carbocycles. The van der Waals surface area contributed by atoms with Crippen LogP contribution in [0.25, 0.3) is 0 Å². The molecule has 192 valence electrons. The summed E-state index contributed by atoms with van der Waals surface area (Å²) < 4.78 is 32.8. The zero-order chi connectivity index (χ0) is 25.9.